The molecule has 1 atom stereocenters. The number of aliphatic hydroxyl groups is 1. The number of hydrogen-bond acceptors (Lipinski definition) is 3. The standard InChI is InChI=1S/C7H8N2O3/c10-5-1-2-6(11)9-7(12)3-4-8(5)9/h1-2,7,12H,3-4H2. The Kier molecular flexibility index (Phi) is 1.41. The van der Waals surface area contributed by atoms with E-state index in [2.05, 4.69) is 0 Å². The smallest absolute Gasteiger partial charge is 0.267 e. The molecule has 1 aliphatic rings. The number of rotatable bonds is 0. The first-order valence-electron chi connectivity index (χ1n) is 3.71. The molecule has 1 aromatic heterocycles. The van der Waals surface area contributed by atoms with Gasteiger partial charge in [-0.2, -0.15) is 0 Å². The van der Waals surface area contributed by atoms with Crippen molar-refractivity contribution in [2.75, 3.05) is 0 Å². The first kappa shape index (κ1) is 7.30. The Bertz CT molecular complexity index is 417. The lowest BCUT2D eigenvalue weighted by Crippen LogP contribution is -2.34. The number of aliphatic hydroxyl groups excluding tert-OH is 1. The van der Waals surface area contributed by atoms with Crippen LogP contribution in [-0.2, 0) is 6.54 Å². The quantitative estimate of drug-likeness (QED) is 0.535. The van der Waals surface area contributed by atoms with E-state index in [1.54, 1.807) is 0 Å². The van der Waals surface area contributed by atoms with E-state index in [0.717, 1.165) is 4.68 Å². The SMILES string of the molecule is O=c1ccc(=O)n2n1CCC2O. The van der Waals surface area contributed by atoms with Crippen molar-refractivity contribution in [1.82, 2.24) is 9.36 Å². The number of aromatic nitrogens is 2. The highest BCUT2D eigenvalue weighted by Crippen LogP contribution is 2.11. The second-order valence-electron chi connectivity index (χ2n) is 2.75. The molecule has 5 nitrogen and oxygen atoms in total. The summed E-state index contributed by atoms with van der Waals surface area (Å²) < 4.78 is 2.34. The van der Waals surface area contributed by atoms with Gasteiger partial charge in [0.15, 0.2) is 6.23 Å². The van der Waals surface area contributed by atoms with E-state index in [0.29, 0.717) is 13.0 Å². The summed E-state index contributed by atoms with van der Waals surface area (Å²) in [5, 5.41) is 9.29. The van der Waals surface area contributed by atoms with Crippen molar-refractivity contribution in [3.8, 4) is 0 Å². The van der Waals surface area contributed by atoms with Gasteiger partial charge in [-0.15, -0.1) is 0 Å². The summed E-state index contributed by atoms with van der Waals surface area (Å²) in [6, 6.07) is 2.39. The normalized spacial score (nSPS) is 20.9. The van der Waals surface area contributed by atoms with Crippen LogP contribution in [0, 0.1) is 0 Å². The Morgan fingerprint density at radius 3 is 2.67 bits per heavy atom. The van der Waals surface area contributed by atoms with Crippen LogP contribution in [0.4, 0.5) is 0 Å². The number of nitrogens with zero attached hydrogens (tertiary/aromatic N) is 2. The summed E-state index contributed by atoms with van der Waals surface area (Å²) in [5.74, 6) is 0. The van der Waals surface area contributed by atoms with E-state index < -0.39 is 6.23 Å². The van der Waals surface area contributed by atoms with Crippen LogP contribution in [0.1, 0.15) is 12.6 Å². The fourth-order valence-corrected chi connectivity index (χ4v) is 1.42. The van der Waals surface area contributed by atoms with Gasteiger partial charge in [-0.05, 0) is 0 Å². The molecule has 5 heteroatoms. The van der Waals surface area contributed by atoms with Gasteiger partial charge in [-0.1, -0.05) is 0 Å². The molecular weight excluding hydrogens is 160 g/mol. The van der Waals surface area contributed by atoms with Gasteiger partial charge in [0, 0.05) is 25.1 Å². The maximum atomic E-state index is 11.1. The van der Waals surface area contributed by atoms with Gasteiger partial charge in [-0.25, -0.2) is 9.36 Å². The summed E-state index contributed by atoms with van der Waals surface area (Å²) >= 11 is 0. The van der Waals surface area contributed by atoms with Crippen LogP contribution in [0.3, 0.4) is 0 Å². The molecule has 0 bridgehead atoms. The van der Waals surface area contributed by atoms with Crippen LogP contribution < -0.4 is 11.1 Å². The predicted molar refractivity (Wildman–Crippen MR) is 40.8 cm³/mol. The average molecular weight is 168 g/mol. The number of fused-ring (bicyclic) bond motifs is 1. The van der Waals surface area contributed by atoms with Crippen molar-refractivity contribution in [3.05, 3.63) is 32.8 Å². The van der Waals surface area contributed by atoms with Crippen LogP contribution in [0.2, 0.25) is 0 Å². The second-order valence-corrected chi connectivity index (χ2v) is 2.75. The molecule has 1 aliphatic heterocycles. The molecular formula is C7H8N2O3. The molecule has 0 saturated heterocycles. The van der Waals surface area contributed by atoms with Gasteiger partial charge in [-0.3, -0.25) is 9.59 Å². The highest BCUT2D eigenvalue weighted by atomic mass is 16.3. The van der Waals surface area contributed by atoms with Crippen molar-refractivity contribution >= 4 is 0 Å². The molecule has 2 heterocycles. The van der Waals surface area contributed by atoms with E-state index in [1.807, 2.05) is 0 Å². The lowest BCUT2D eigenvalue weighted by molar-refractivity contribution is 0.101. The van der Waals surface area contributed by atoms with Crippen molar-refractivity contribution in [2.24, 2.45) is 0 Å². The Hall–Kier alpha value is -1.36. The van der Waals surface area contributed by atoms with Gasteiger partial charge in [0.2, 0.25) is 0 Å². The van der Waals surface area contributed by atoms with Crippen LogP contribution in [0.15, 0.2) is 21.7 Å². The summed E-state index contributed by atoms with van der Waals surface area (Å²) in [7, 11) is 0. The fourth-order valence-electron chi connectivity index (χ4n) is 1.42. The van der Waals surface area contributed by atoms with Crippen LogP contribution in [-0.4, -0.2) is 14.5 Å². The van der Waals surface area contributed by atoms with Crippen molar-refractivity contribution in [2.45, 2.75) is 19.2 Å². The van der Waals surface area contributed by atoms with Crippen molar-refractivity contribution in [3.63, 3.8) is 0 Å². The van der Waals surface area contributed by atoms with Crippen molar-refractivity contribution < 1.29 is 5.11 Å². The van der Waals surface area contributed by atoms with E-state index in [9.17, 15) is 14.7 Å². The minimum atomic E-state index is -0.841. The molecule has 0 saturated carbocycles. The molecule has 2 rings (SSSR count). The third-order valence-electron chi connectivity index (χ3n) is 1.99. The second kappa shape index (κ2) is 2.31. The average Bonchev–Trinajstić information content (AvgIpc) is 2.42. The molecule has 0 aromatic carbocycles. The van der Waals surface area contributed by atoms with Gasteiger partial charge >= 0.3 is 0 Å². The minimum absolute atomic E-state index is 0.244. The van der Waals surface area contributed by atoms with Crippen LogP contribution >= 0.6 is 0 Å². The molecule has 12 heavy (non-hydrogen) atoms. The lowest BCUT2D eigenvalue weighted by atomic mass is 10.4. The molecule has 0 amide bonds. The fraction of sp³-hybridized carbons (Fsp3) is 0.429. The molecule has 0 radical (unpaired) electrons. The Morgan fingerprint density at radius 1 is 1.33 bits per heavy atom. The third kappa shape index (κ3) is 0.831. The zero-order chi connectivity index (χ0) is 8.72. The first-order chi connectivity index (χ1) is 5.70. The summed E-state index contributed by atoms with van der Waals surface area (Å²) in [5.41, 5.74) is -0.578. The Balaban J connectivity index is 2.82. The first-order valence-corrected chi connectivity index (χ1v) is 3.71. The number of hydrogen-bond donors (Lipinski definition) is 1. The molecule has 0 spiro atoms. The third-order valence-corrected chi connectivity index (χ3v) is 1.99. The molecule has 0 aliphatic carbocycles. The zero-order valence-electron chi connectivity index (χ0n) is 6.30. The Labute approximate surface area is 67.5 Å². The van der Waals surface area contributed by atoms with Crippen molar-refractivity contribution in [1.29, 1.82) is 0 Å². The predicted octanol–water partition coefficient (Wildman–Crippen LogP) is -1.10. The maximum Gasteiger partial charge on any atom is 0.267 e. The highest BCUT2D eigenvalue weighted by Gasteiger charge is 2.20. The topological polar surface area (TPSA) is 64.2 Å². The molecule has 64 valence electrons. The molecule has 1 N–H and O–H groups in total. The zero-order valence-corrected chi connectivity index (χ0v) is 6.30. The van der Waals surface area contributed by atoms with E-state index >= 15 is 0 Å². The Morgan fingerprint density at radius 2 is 2.00 bits per heavy atom. The van der Waals surface area contributed by atoms with Gasteiger partial charge in [0.1, 0.15) is 0 Å². The lowest BCUT2D eigenvalue weighted by Gasteiger charge is -2.06. The highest BCUT2D eigenvalue weighted by molar-refractivity contribution is 4.91. The largest absolute Gasteiger partial charge is 0.372 e. The van der Waals surface area contributed by atoms with Crippen LogP contribution in [0.25, 0.3) is 0 Å². The van der Waals surface area contributed by atoms with E-state index in [-0.39, 0.29) is 11.1 Å². The van der Waals surface area contributed by atoms with E-state index in [4.69, 9.17) is 0 Å². The van der Waals surface area contributed by atoms with Crippen LogP contribution in [0.5, 0.6) is 0 Å². The molecule has 1 aromatic rings. The summed E-state index contributed by atoms with van der Waals surface area (Å²) in [6.07, 6.45) is -0.412. The van der Waals surface area contributed by atoms with Gasteiger partial charge < -0.3 is 5.11 Å². The monoisotopic (exact) mass is 168 g/mol. The minimum Gasteiger partial charge on any atom is -0.372 e. The van der Waals surface area contributed by atoms with Gasteiger partial charge in [0.05, 0.1) is 0 Å². The summed E-state index contributed by atoms with van der Waals surface area (Å²) in [6.45, 7) is 0.413. The van der Waals surface area contributed by atoms with Gasteiger partial charge in [0.25, 0.3) is 11.1 Å². The molecule has 0 fully saturated rings. The maximum absolute atomic E-state index is 11.1. The molecule has 1 unspecified atom stereocenters. The van der Waals surface area contributed by atoms with E-state index in [1.165, 1.54) is 16.8 Å². The summed E-state index contributed by atoms with van der Waals surface area (Å²) in [4.78, 5) is 22.2.